The average molecular weight is 560 g/mol. The number of nitrogens with one attached hydrogen (secondary N) is 1. The van der Waals surface area contributed by atoms with Crippen molar-refractivity contribution < 1.29 is 23.5 Å². The maximum atomic E-state index is 13.9. The van der Waals surface area contributed by atoms with E-state index in [1.54, 1.807) is 6.07 Å². The molecule has 1 unspecified atom stereocenters. The van der Waals surface area contributed by atoms with Crippen molar-refractivity contribution in [1.82, 2.24) is 4.90 Å². The third kappa shape index (κ3) is 7.06. The van der Waals surface area contributed by atoms with E-state index in [1.165, 1.54) is 0 Å². The lowest BCUT2D eigenvalue weighted by atomic mass is 9.82. The first-order valence-corrected chi connectivity index (χ1v) is 14.2. The van der Waals surface area contributed by atoms with E-state index in [-0.39, 0.29) is 37.6 Å². The number of hydrogen-bond acceptors (Lipinski definition) is 4. The first-order valence-electron chi connectivity index (χ1n) is 14.2. The van der Waals surface area contributed by atoms with Crippen molar-refractivity contribution in [2.75, 3.05) is 11.9 Å². The summed E-state index contributed by atoms with van der Waals surface area (Å²) in [4.78, 5) is 32.9. The monoisotopic (exact) mass is 559 g/mol. The number of carboxylic acids is 1. The van der Waals surface area contributed by atoms with Gasteiger partial charge in [-0.3, -0.25) is 14.7 Å². The summed E-state index contributed by atoms with van der Waals surface area (Å²) >= 11 is 0. The fraction of sp³-hybridized carbons (Fsp3) is 0.364. The number of halogens is 2. The number of alkyl halides is 2. The van der Waals surface area contributed by atoms with Crippen LogP contribution in [0.2, 0.25) is 0 Å². The Morgan fingerprint density at radius 1 is 0.927 bits per heavy atom. The van der Waals surface area contributed by atoms with Crippen LogP contribution in [-0.2, 0) is 16.1 Å². The van der Waals surface area contributed by atoms with Crippen molar-refractivity contribution in [1.29, 1.82) is 0 Å². The number of anilines is 1. The molecule has 0 aromatic heterocycles. The minimum Gasteiger partial charge on any atom is -0.480 e. The molecule has 0 radical (unpaired) electrons. The van der Waals surface area contributed by atoms with Crippen molar-refractivity contribution >= 4 is 23.3 Å². The van der Waals surface area contributed by atoms with E-state index in [1.807, 2.05) is 66.7 Å². The van der Waals surface area contributed by atoms with Crippen LogP contribution in [0.15, 0.2) is 89.9 Å². The molecule has 1 heterocycles. The third-order valence-corrected chi connectivity index (χ3v) is 8.11. The van der Waals surface area contributed by atoms with Gasteiger partial charge in [0.25, 0.3) is 0 Å². The number of hydrogen-bond donors (Lipinski definition) is 2. The van der Waals surface area contributed by atoms with Crippen molar-refractivity contribution in [3.05, 3.63) is 102 Å². The van der Waals surface area contributed by atoms with Gasteiger partial charge >= 0.3 is 5.97 Å². The van der Waals surface area contributed by atoms with Crippen LogP contribution in [0.1, 0.15) is 55.2 Å². The molecule has 5 rings (SSSR count). The lowest BCUT2D eigenvalue weighted by Gasteiger charge is -2.30. The molecule has 1 aliphatic carbocycles. The summed E-state index contributed by atoms with van der Waals surface area (Å²) in [7, 11) is 0. The number of carbonyl (C=O) groups is 2. The number of aliphatic imine (C=N–C) groups is 1. The predicted molar refractivity (Wildman–Crippen MR) is 155 cm³/mol. The highest BCUT2D eigenvalue weighted by Gasteiger charge is 2.40. The van der Waals surface area contributed by atoms with E-state index in [2.05, 4.69) is 22.3 Å². The summed E-state index contributed by atoms with van der Waals surface area (Å²) < 4.78 is 27.7. The van der Waals surface area contributed by atoms with Gasteiger partial charge in [0.2, 0.25) is 11.8 Å². The largest absolute Gasteiger partial charge is 0.480 e. The van der Waals surface area contributed by atoms with Gasteiger partial charge in [0, 0.05) is 30.5 Å². The van der Waals surface area contributed by atoms with Crippen LogP contribution in [0.5, 0.6) is 0 Å². The molecule has 2 fully saturated rings. The number of carbonyl (C=O) groups excluding carboxylic acids is 1. The molecule has 6 nitrogen and oxygen atoms in total. The number of rotatable bonds is 9. The second-order valence-electron chi connectivity index (χ2n) is 11.0. The van der Waals surface area contributed by atoms with E-state index in [0.717, 1.165) is 24.9 Å². The summed E-state index contributed by atoms with van der Waals surface area (Å²) in [5.41, 5.74) is 3.37. The van der Waals surface area contributed by atoms with Crippen LogP contribution < -0.4 is 5.32 Å². The number of para-hydroxylation sites is 1. The first kappa shape index (κ1) is 28.6. The molecule has 3 aromatic rings. The Hall–Kier alpha value is -3.91. The molecule has 3 aromatic carbocycles. The Labute approximate surface area is 239 Å². The summed E-state index contributed by atoms with van der Waals surface area (Å²) in [6.45, 7) is 1.50. The van der Waals surface area contributed by atoms with Gasteiger partial charge in [-0.25, -0.2) is 13.6 Å². The number of carboxylic acid groups (broad SMARTS) is 1. The van der Waals surface area contributed by atoms with Crippen LogP contribution in [-0.4, -0.2) is 52.1 Å². The van der Waals surface area contributed by atoms with Gasteiger partial charge in [-0.05, 0) is 49.8 Å². The van der Waals surface area contributed by atoms with Crippen LogP contribution in [0, 0.1) is 5.92 Å². The van der Waals surface area contributed by atoms with E-state index in [0.29, 0.717) is 29.1 Å². The molecule has 1 saturated carbocycles. The van der Waals surface area contributed by atoms with E-state index in [9.17, 15) is 23.5 Å². The molecule has 1 saturated heterocycles. The molecule has 2 N–H and O–H groups in total. The van der Waals surface area contributed by atoms with Gasteiger partial charge in [0.05, 0.1) is 17.4 Å². The second-order valence-corrected chi connectivity index (χ2v) is 11.0. The molecule has 41 heavy (non-hydrogen) atoms. The minimum atomic E-state index is -2.77. The van der Waals surface area contributed by atoms with Crippen molar-refractivity contribution in [2.45, 2.75) is 63.1 Å². The minimum absolute atomic E-state index is 0.0901. The van der Waals surface area contributed by atoms with E-state index >= 15 is 0 Å². The Balaban J connectivity index is 1.44. The highest BCUT2D eigenvalue weighted by molar-refractivity contribution is 6.17. The number of amides is 1. The Morgan fingerprint density at radius 3 is 2.24 bits per heavy atom. The zero-order valence-corrected chi connectivity index (χ0v) is 22.9. The summed E-state index contributed by atoms with van der Waals surface area (Å²) in [6, 6.07) is 25.0. The number of aliphatic carboxylic acids is 1. The maximum absolute atomic E-state index is 13.9. The zero-order valence-electron chi connectivity index (χ0n) is 22.9. The summed E-state index contributed by atoms with van der Waals surface area (Å²) in [5, 5.41) is 13.2. The maximum Gasteiger partial charge on any atom is 0.328 e. The molecule has 8 heteroatoms. The van der Waals surface area contributed by atoms with Gasteiger partial charge in [-0.2, -0.15) is 0 Å². The van der Waals surface area contributed by atoms with Gasteiger partial charge < -0.3 is 10.4 Å². The van der Waals surface area contributed by atoms with Gasteiger partial charge in [0.15, 0.2) is 6.04 Å². The molecule has 214 valence electrons. The summed E-state index contributed by atoms with van der Waals surface area (Å²) in [6.07, 6.45) is 1.16. The highest BCUT2D eigenvalue weighted by Crippen LogP contribution is 2.38. The van der Waals surface area contributed by atoms with Crippen molar-refractivity contribution in [2.24, 2.45) is 10.9 Å². The smallest absolute Gasteiger partial charge is 0.328 e. The molecule has 0 spiro atoms. The number of nitrogens with zero attached hydrogens (tertiary/aromatic N) is 2. The SMILES string of the molecule is O=C(O)C(N=C(c1ccccc1)c1ccccc1NC(=O)[C@@H]1CCCN1Cc1ccccc1)C1CCC(F)(F)CC1. The molecule has 2 aliphatic rings. The fourth-order valence-corrected chi connectivity index (χ4v) is 5.92. The summed E-state index contributed by atoms with van der Waals surface area (Å²) in [5.74, 6) is -4.53. The average Bonchev–Trinajstić information content (AvgIpc) is 3.44. The predicted octanol–water partition coefficient (Wildman–Crippen LogP) is 6.41. The molecule has 1 aliphatic heterocycles. The third-order valence-electron chi connectivity index (χ3n) is 8.11. The topological polar surface area (TPSA) is 82.0 Å². The number of benzene rings is 3. The quantitative estimate of drug-likeness (QED) is 0.297. The Morgan fingerprint density at radius 2 is 1.56 bits per heavy atom. The standard InChI is InChI=1S/C33H35F2N3O3/c34-33(35)19-17-25(18-20-33)30(32(40)41)37-29(24-12-5-2-6-13-24)26-14-7-8-15-27(26)36-31(39)28-16-9-21-38(28)22-23-10-3-1-4-11-23/h1-8,10-15,25,28,30H,9,16-22H2,(H,36,39)(H,40,41)/t28-,30?/m0/s1. The van der Waals surface area contributed by atoms with E-state index in [4.69, 9.17) is 4.99 Å². The highest BCUT2D eigenvalue weighted by atomic mass is 19.3. The molecule has 2 atom stereocenters. The van der Waals surface area contributed by atoms with Gasteiger partial charge in [-0.15, -0.1) is 0 Å². The number of likely N-dealkylation sites (tertiary alicyclic amines) is 1. The van der Waals surface area contributed by atoms with Crippen LogP contribution in [0.3, 0.4) is 0 Å². The van der Waals surface area contributed by atoms with E-state index < -0.39 is 23.9 Å². The zero-order chi connectivity index (χ0) is 28.8. The van der Waals surface area contributed by atoms with Crippen LogP contribution >= 0.6 is 0 Å². The van der Waals surface area contributed by atoms with Crippen LogP contribution in [0.4, 0.5) is 14.5 Å². The van der Waals surface area contributed by atoms with Crippen LogP contribution in [0.25, 0.3) is 0 Å². The molecule has 0 bridgehead atoms. The molecular formula is C33H35F2N3O3. The lowest BCUT2D eigenvalue weighted by Crippen LogP contribution is -2.39. The Kier molecular flexibility index (Phi) is 8.88. The van der Waals surface area contributed by atoms with Crippen molar-refractivity contribution in [3.8, 4) is 0 Å². The lowest BCUT2D eigenvalue weighted by molar-refractivity contribution is -0.141. The molecular weight excluding hydrogens is 524 g/mol. The normalized spacial score (nSPS) is 20.4. The second kappa shape index (κ2) is 12.7. The molecule has 1 amide bonds. The Bertz CT molecular complexity index is 1370. The van der Waals surface area contributed by atoms with Gasteiger partial charge in [-0.1, -0.05) is 78.9 Å². The first-order chi connectivity index (χ1) is 19.8. The fourth-order valence-electron chi connectivity index (χ4n) is 5.92. The van der Waals surface area contributed by atoms with Gasteiger partial charge in [0.1, 0.15) is 0 Å². The van der Waals surface area contributed by atoms with Crippen molar-refractivity contribution in [3.63, 3.8) is 0 Å².